The number of aromatic nitrogens is 3. The molecule has 2 aromatic heterocycles. The SMILES string of the molecule is CCCOc1cccc(Cn2cc(-c3noc(-c4ccc(C5(C(F)(F)F)CC5)cc4)n3)ccc2=O)c1. The molecule has 0 N–H and O–H groups in total. The molecule has 4 aromatic rings. The lowest BCUT2D eigenvalue weighted by Crippen LogP contribution is -2.28. The Balaban J connectivity index is 1.35. The van der Waals surface area contributed by atoms with Crippen molar-refractivity contribution in [2.45, 2.75) is 44.3 Å². The summed E-state index contributed by atoms with van der Waals surface area (Å²) in [6.07, 6.45) is -1.51. The maximum atomic E-state index is 13.4. The van der Waals surface area contributed by atoms with Gasteiger partial charge in [0, 0.05) is 23.4 Å². The second-order valence-corrected chi connectivity index (χ2v) is 8.96. The van der Waals surface area contributed by atoms with Crippen LogP contribution >= 0.6 is 0 Å². The minimum Gasteiger partial charge on any atom is -0.494 e. The highest BCUT2D eigenvalue weighted by Crippen LogP contribution is 2.58. The van der Waals surface area contributed by atoms with Crippen molar-refractivity contribution in [3.05, 3.63) is 88.3 Å². The van der Waals surface area contributed by atoms with Crippen LogP contribution in [0.25, 0.3) is 22.8 Å². The number of hydrogen-bond acceptors (Lipinski definition) is 5. The van der Waals surface area contributed by atoms with Crippen molar-refractivity contribution in [1.82, 2.24) is 14.7 Å². The number of halogens is 3. The molecule has 6 nitrogen and oxygen atoms in total. The van der Waals surface area contributed by atoms with Crippen molar-refractivity contribution >= 4 is 0 Å². The Hall–Kier alpha value is -3.88. The standard InChI is InChI=1S/C27H24F3N3O3/c1-2-14-35-22-5-3-4-18(15-22)16-33-17-20(8-11-23(33)34)24-31-25(36-32-24)19-6-9-21(10-7-19)26(12-13-26)27(28,29)30/h3-11,15,17H,2,12-14,16H2,1H3. The van der Waals surface area contributed by atoms with Crippen LogP contribution < -0.4 is 10.3 Å². The number of hydrogen-bond donors (Lipinski definition) is 0. The minimum absolute atomic E-state index is 0.103. The van der Waals surface area contributed by atoms with Gasteiger partial charge in [-0.3, -0.25) is 4.79 Å². The van der Waals surface area contributed by atoms with Crippen molar-refractivity contribution in [2.75, 3.05) is 6.61 Å². The van der Waals surface area contributed by atoms with Crippen LogP contribution in [0.3, 0.4) is 0 Å². The predicted octanol–water partition coefficient (Wildman–Crippen LogP) is 6.00. The first-order valence-electron chi connectivity index (χ1n) is 11.7. The number of nitrogens with zero attached hydrogens (tertiary/aromatic N) is 3. The van der Waals surface area contributed by atoms with Gasteiger partial charge in [-0.15, -0.1) is 0 Å². The number of benzene rings is 2. The fraction of sp³-hybridized carbons (Fsp3) is 0.296. The fourth-order valence-corrected chi connectivity index (χ4v) is 4.19. The lowest BCUT2D eigenvalue weighted by atomic mass is 9.94. The quantitative estimate of drug-likeness (QED) is 0.300. The highest BCUT2D eigenvalue weighted by atomic mass is 19.4. The van der Waals surface area contributed by atoms with Crippen molar-refractivity contribution < 1.29 is 22.4 Å². The first-order valence-corrected chi connectivity index (χ1v) is 11.7. The largest absolute Gasteiger partial charge is 0.494 e. The van der Waals surface area contributed by atoms with Crippen LogP contribution in [0.15, 0.2) is 76.2 Å². The van der Waals surface area contributed by atoms with E-state index in [0.717, 1.165) is 17.7 Å². The zero-order valence-electron chi connectivity index (χ0n) is 19.6. The highest BCUT2D eigenvalue weighted by Gasteiger charge is 2.64. The minimum atomic E-state index is -4.26. The predicted molar refractivity (Wildman–Crippen MR) is 128 cm³/mol. The van der Waals surface area contributed by atoms with Gasteiger partial charge >= 0.3 is 6.18 Å². The Kier molecular flexibility index (Phi) is 6.15. The van der Waals surface area contributed by atoms with E-state index in [1.165, 1.54) is 18.2 Å². The summed E-state index contributed by atoms with van der Waals surface area (Å²) in [5, 5.41) is 4.01. The van der Waals surface area contributed by atoms with E-state index in [9.17, 15) is 18.0 Å². The second kappa shape index (κ2) is 9.29. The van der Waals surface area contributed by atoms with Gasteiger partial charge in [0.25, 0.3) is 11.4 Å². The van der Waals surface area contributed by atoms with E-state index in [-0.39, 0.29) is 35.7 Å². The summed E-state index contributed by atoms with van der Waals surface area (Å²) >= 11 is 0. The zero-order chi connectivity index (χ0) is 25.3. The van der Waals surface area contributed by atoms with Crippen molar-refractivity contribution in [3.63, 3.8) is 0 Å². The van der Waals surface area contributed by atoms with Gasteiger partial charge in [-0.25, -0.2) is 0 Å². The summed E-state index contributed by atoms with van der Waals surface area (Å²) in [6, 6.07) is 16.7. The molecule has 2 aromatic carbocycles. The Morgan fingerprint density at radius 3 is 2.50 bits per heavy atom. The van der Waals surface area contributed by atoms with Crippen LogP contribution in [0.5, 0.6) is 5.75 Å². The van der Waals surface area contributed by atoms with E-state index in [0.29, 0.717) is 24.3 Å². The average molecular weight is 496 g/mol. The topological polar surface area (TPSA) is 70.2 Å². The maximum absolute atomic E-state index is 13.4. The van der Waals surface area contributed by atoms with E-state index >= 15 is 0 Å². The van der Waals surface area contributed by atoms with Gasteiger partial charge in [0.15, 0.2) is 0 Å². The molecular formula is C27H24F3N3O3. The van der Waals surface area contributed by atoms with Crippen molar-refractivity contribution in [2.24, 2.45) is 0 Å². The van der Waals surface area contributed by atoms with E-state index in [2.05, 4.69) is 10.1 Å². The summed E-state index contributed by atoms with van der Waals surface area (Å²) in [5.74, 6) is 1.21. The van der Waals surface area contributed by atoms with Gasteiger partial charge in [-0.05, 0) is 60.7 Å². The van der Waals surface area contributed by atoms with Crippen LogP contribution in [0, 0.1) is 0 Å². The molecule has 1 fully saturated rings. The van der Waals surface area contributed by atoms with Crippen LogP contribution in [0.1, 0.15) is 37.3 Å². The Bertz CT molecular complexity index is 1420. The molecule has 0 atom stereocenters. The number of ether oxygens (including phenoxy) is 1. The van der Waals surface area contributed by atoms with Gasteiger partial charge in [0.2, 0.25) is 5.82 Å². The monoisotopic (exact) mass is 495 g/mol. The van der Waals surface area contributed by atoms with Crippen LogP contribution in [0.4, 0.5) is 13.2 Å². The van der Waals surface area contributed by atoms with Crippen LogP contribution in [-0.2, 0) is 12.0 Å². The van der Waals surface area contributed by atoms with Crippen LogP contribution in [-0.4, -0.2) is 27.5 Å². The lowest BCUT2D eigenvalue weighted by molar-refractivity contribution is -0.160. The average Bonchev–Trinajstić information content (AvgIpc) is 3.56. The normalized spacial score (nSPS) is 14.6. The first kappa shape index (κ1) is 23.8. The molecule has 5 rings (SSSR count). The maximum Gasteiger partial charge on any atom is 0.398 e. The molecular weight excluding hydrogens is 471 g/mol. The summed E-state index contributed by atoms with van der Waals surface area (Å²) in [5.41, 5.74) is 0.331. The second-order valence-electron chi connectivity index (χ2n) is 8.96. The molecule has 0 radical (unpaired) electrons. The van der Waals surface area contributed by atoms with Gasteiger partial charge in [-0.2, -0.15) is 18.2 Å². The number of pyridine rings is 1. The molecule has 0 unspecified atom stereocenters. The third-order valence-electron chi connectivity index (χ3n) is 6.37. The lowest BCUT2D eigenvalue weighted by Gasteiger charge is -2.19. The third kappa shape index (κ3) is 4.65. The molecule has 186 valence electrons. The Morgan fingerprint density at radius 2 is 1.81 bits per heavy atom. The van der Waals surface area contributed by atoms with Gasteiger partial charge in [-0.1, -0.05) is 36.3 Å². The molecule has 0 bridgehead atoms. The molecule has 0 aliphatic heterocycles. The van der Waals surface area contributed by atoms with E-state index in [4.69, 9.17) is 9.26 Å². The summed E-state index contributed by atoms with van der Waals surface area (Å²) < 4.78 is 52.8. The van der Waals surface area contributed by atoms with Gasteiger partial charge in [0.1, 0.15) is 5.75 Å². The van der Waals surface area contributed by atoms with Gasteiger partial charge < -0.3 is 13.8 Å². The van der Waals surface area contributed by atoms with E-state index < -0.39 is 11.6 Å². The zero-order valence-corrected chi connectivity index (χ0v) is 19.6. The summed E-state index contributed by atoms with van der Waals surface area (Å²) in [6.45, 7) is 2.98. The first-order chi connectivity index (χ1) is 17.3. The molecule has 1 aliphatic rings. The fourth-order valence-electron chi connectivity index (χ4n) is 4.19. The van der Waals surface area contributed by atoms with E-state index in [1.807, 2.05) is 31.2 Å². The third-order valence-corrected chi connectivity index (χ3v) is 6.37. The molecule has 36 heavy (non-hydrogen) atoms. The molecule has 1 saturated carbocycles. The summed E-state index contributed by atoms with van der Waals surface area (Å²) in [4.78, 5) is 16.9. The van der Waals surface area contributed by atoms with Gasteiger partial charge in [0.05, 0.1) is 18.6 Å². The smallest absolute Gasteiger partial charge is 0.398 e. The van der Waals surface area contributed by atoms with E-state index in [1.54, 1.807) is 29.0 Å². The molecule has 2 heterocycles. The number of alkyl halides is 3. The molecule has 1 aliphatic carbocycles. The molecule has 0 spiro atoms. The highest BCUT2D eigenvalue weighted by molar-refractivity contribution is 5.59. The number of rotatable bonds is 8. The van der Waals surface area contributed by atoms with Crippen molar-refractivity contribution in [1.29, 1.82) is 0 Å². The van der Waals surface area contributed by atoms with Crippen molar-refractivity contribution in [3.8, 4) is 28.6 Å². The van der Waals surface area contributed by atoms with Crippen LogP contribution in [0.2, 0.25) is 0 Å². The summed E-state index contributed by atoms with van der Waals surface area (Å²) in [7, 11) is 0. The Labute approximate surface area is 205 Å². The molecule has 0 amide bonds. The molecule has 9 heteroatoms. The molecule has 0 saturated heterocycles. The Morgan fingerprint density at radius 1 is 1.06 bits per heavy atom.